The van der Waals surface area contributed by atoms with Crippen LogP contribution in [0.2, 0.25) is 0 Å². The van der Waals surface area contributed by atoms with Gasteiger partial charge in [-0.2, -0.15) is 0 Å². The molecule has 1 aliphatic heterocycles. The standard InChI is InChI=1S/C18H18F2N2O.ClH/c1-22(11-14-6-7-15(19)9-16(14)20)18(23)17-8-12-4-2-3-5-13(12)10-21-17;/h2-7,9,17,21H,8,10-11H2,1H3;1H. The second-order valence-corrected chi connectivity index (χ2v) is 5.84. The van der Waals surface area contributed by atoms with E-state index in [0.717, 1.165) is 11.6 Å². The van der Waals surface area contributed by atoms with Crippen LogP contribution in [0.4, 0.5) is 8.78 Å². The fourth-order valence-electron chi connectivity index (χ4n) is 2.88. The Labute approximate surface area is 146 Å². The Morgan fingerprint density at radius 3 is 2.62 bits per heavy atom. The smallest absolute Gasteiger partial charge is 0.240 e. The van der Waals surface area contributed by atoms with Gasteiger partial charge in [-0.05, 0) is 23.6 Å². The molecule has 2 aromatic rings. The summed E-state index contributed by atoms with van der Waals surface area (Å²) in [6, 6.07) is 11.1. The number of rotatable bonds is 3. The van der Waals surface area contributed by atoms with Crippen LogP contribution in [-0.2, 0) is 24.3 Å². The van der Waals surface area contributed by atoms with Gasteiger partial charge in [-0.25, -0.2) is 8.78 Å². The first-order chi connectivity index (χ1) is 11.0. The molecule has 0 bridgehead atoms. The number of hydrogen-bond donors (Lipinski definition) is 1. The number of carbonyl (C=O) groups excluding carboxylic acids is 1. The van der Waals surface area contributed by atoms with Gasteiger partial charge in [0.25, 0.3) is 0 Å². The molecule has 1 aliphatic rings. The zero-order valence-electron chi connectivity index (χ0n) is 13.3. The molecular formula is C18H19ClF2N2O. The molecule has 128 valence electrons. The lowest BCUT2D eigenvalue weighted by Gasteiger charge is -2.29. The maximum absolute atomic E-state index is 13.7. The number of nitrogens with one attached hydrogen (secondary N) is 1. The van der Waals surface area contributed by atoms with E-state index in [1.54, 1.807) is 7.05 Å². The highest BCUT2D eigenvalue weighted by atomic mass is 35.5. The first-order valence-corrected chi connectivity index (χ1v) is 7.53. The van der Waals surface area contributed by atoms with E-state index in [1.165, 1.54) is 22.6 Å². The Kier molecular flexibility index (Phi) is 5.91. The summed E-state index contributed by atoms with van der Waals surface area (Å²) in [5, 5.41) is 3.22. The molecule has 3 rings (SSSR count). The summed E-state index contributed by atoms with van der Waals surface area (Å²) in [5.74, 6) is -1.35. The third-order valence-corrected chi connectivity index (χ3v) is 4.18. The molecule has 1 N–H and O–H groups in total. The second kappa shape index (κ2) is 7.73. The highest BCUT2D eigenvalue weighted by Crippen LogP contribution is 2.18. The number of fused-ring (bicyclic) bond motifs is 1. The van der Waals surface area contributed by atoms with Crippen LogP contribution in [-0.4, -0.2) is 23.9 Å². The Morgan fingerprint density at radius 1 is 1.21 bits per heavy atom. The Morgan fingerprint density at radius 2 is 1.92 bits per heavy atom. The van der Waals surface area contributed by atoms with Crippen LogP contribution in [0.15, 0.2) is 42.5 Å². The predicted molar refractivity (Wildman–Crippen MR) is 90.9 cm³/mol. The predicted octanol–water partition coefficient (Wildman–Crippen LogP) is 3.06. The van der Waals surface area contributed by atoms with E-state index in [2.05, 4.69) is 5.32 Å². The van der Waals surface area contributed by atoms with Gasteiger partial charge in [-0.3, -0.25) is 4.79 Å². The van der Waals surface area contributed by atoms with Gasteiger partial charge in [0.05, 0.1) is 6.04 Å². The number of nitrogens with zero attached hydrogens (tertiary/aromatic N) is 1. The molecular weight excluding hydrogens is 334 g/mol. The van der Waals surface area contributed by atoms with Gasteiger partial charge in [-0.1, -0.05) is 30.3 Å². The van der Waals surface area contributed by atoms with Crippen molar-refractivity contribution in [3.05, 3.63) is 70.8 Å². The summed E-state index contributed by atoms with van der Waals surface area (Å²) in [4.78, 5) is 14.0. The summed E-state index contributed by atoms with van der Waals surface area (Å²) in [5.41, 5.74) is 2.66. The molecule has 0 saturated heterocycles. The SMILES string of the molecule is CN(Cc1ccc(F)cc1F)C(=O)C1Cc2ccccc2CN1.Cl. The maximum atomic E-state index is 13.7. The molecule has 24 heavy (non-hydrogen) atoms. The van der Waals surface area contributed by atoms with E-state index in [9.17, 15) is 13.6 Å². The Balaban J connectivity index is 0.00000208. The van der Waals surface area contributed by atoms with Gasteiger partial charge in [0.1, 0.15) is 11.6 Å². The molecule has 0 aliphatic carbocycles. The second-order valence-electron chi connectivity index (χ2n) is 5.84. The van der Waals surface area contributed by atoms with Crippen LogP contribution >= 0.6 is 12.4 Å². The molecule has 1 heterocycles. The van der Waals surface area contributed by atoms with Gasteiger partial charge in [0.15, 0.2) is 0 Å². The van der Waals surface area contributed by atoms with Crippen LogP contribution in [0.5, 0.6) is 0 Å². The molecule has 1 unspecified atom stereocenters. The summed E-state index contributed by atoms with van der Waals surface area (Å²) in [6.45, 7) is 0.760. The summed E-state index contributed by atoms with van der Waals surface area (Å²) >= 11 is 0. The number of carbonyl (C=O) groups is 1. The number of hydrogen-bond acceptors (Lipinski definition) is 2. The number of halogens is 3. The van der Waals surface area contributed by atoms with Crippen molar-refractivity contribution in [2.24, 2.45) is 0 Å². The molecule has 0 spiro atoms. The van der Waals surface area contributed by atoms with Gasteiger partial charge in [-0.15, -0.1) is 12.4 Å². The molecule has 1 atom stereocenters. The van der Waals surface area contributed by atoms with E-state index < -0.39 is 11.6 Å². The fraction of sp³-hybridized carbons (Fsp3) is 0.278. The van der Waals surface area contributed by atoms with Crippen molar-refractivity contribution in [1.82, 2.24) is 10.2 Å². The minimum absolute atomic E-state index is 0. The van der Waals surface area contributed by atoms with Crippen LogP contribution < -0.4 is 5.32 Å². The normalized spacial score (nSPS) is 16.0. The van der Waals surface area contributed by atoms with Crippen molar-refractivity contribution < 1.29 is 13.6 Å². The minimum atomic E-state index is -0.633. The lowest BCUT2D eigenvalue weighted by Crippen LogP contribution is -2.48. The van der Waals surface area contributed by atoms with Crippen molar-refractivity contribution in [3.63, 3.8) is 0 Å². The Bertz CT molecular complexity index is 739. The zero-order chi connectivity index (χ0) is 16.4. The summed E-state index contributed by atoms with van der Waals surface area (Å²) < 4.78 is 26.7. The van der Waals surface area contributed by atoms with Crippen molar-refractivity contribution >= 4 is 18.3 Å². The molecule has 0 radical (unpaired) electrons. The average Bonchev–Trinajstić information content (AvgIpc) is 2.56. The van der Waals surface area contributed by atoms with Crippen LogP contribution in [0.25, 0.3) is 0 Å². The first-order valence-electron chi connectivity index (χ1n) is 7.53. The Hall–Kier alpha value is -1.98. The summed E-state index contributed by atoms with van der Waals surface area (Å²) in [6.07, 6.45) is 0.616. The topological polar surface area (TPSA) is 32.3 Å². The molecule has 2 aromatic carbocycles. The molecule has 3 nitrogen and oxygen atoms in total. The monoisotopic (exact) mass is 352 g/mol. The minimum Gasteiger partial charge on any atom is -0.340 e. The van der Waals surface area contributed by atoms with Crippen LogP contribution in [0, 0.1) is 11.6 Å². The quantitative estimate of drug-likeness (QED) is 0.920. The number of likely N-dealkylation sites (N-methyl/N-ethyl adjacent to an activating group) is 1. The lowest BCUT2D eigenvalue weighted by molar-refractivity contribution is -0.132. The highest BCUT2D eigenvalue weighted by Gasteiger charge is 2.26. The largest absolute Gasteiger partial charge is 0.340 e. The third-order valence-electron chi connectivity index (χ3n) is 4.18. The number of benzene rings is 2. The van der Waals surface area contributed by atoms with E-state index in [0.29, 0.717) is 18.5 Å². The van der Waals surface area contributed by atoms with Gasteiger partial charge in [0.2, 0.25) is 5.91 Å². The fourth-order valence-corrected chi connectivity index (χ4v) is 2.88. The van der Waals surface area contributed by atoms with E-state index in [1.807, 2.05) is 24.3 Å². The molecule has 0 saturated carbocycles. The molecule has 6 heteroatoms. The van der Waals surface area contributed by atoms with Crippen molar-refractivity contribution in [1.29, 1.82) is 0 Å². The third kappa shape index (κ3) is 3.91. The lowest BCUT2D eigenvalue weighted by atomic mass is 9.95. The van der Waals surface area contributed by atoms with Crippen LogP contribution in [0.1, 0.15) is 16.7 Å². The summed E-state index contributed by atoms with van der Waals surface area (Å²) in [7, 11) is 1.63. The molecule has 0 fully saturated rings. The highest BCUT2D eigenvalue weighted by molar-refractivity contribution is 5.85. The van der Waals surface area contributed by atoms with E-state index >= 15 is 0 Å². The number of amides is 1. The van der Waals surface area contributed by atoms with Gasteiger partial charge < -0.3 is 10.2 Å². The van der Waals surface area contributed by atoms with Crippen LogP contribution in [0.3, 0.4) is 0 Å². The average molecular weight is 353 g/mol. The molecule has 1 amide bonds. The van der Waals surface area contributed by atoms with Gasteiger partial charge >= 0.3 is 0 Å². The van der Waals surface area contributed by atoms with Gasteiger partial charge in [0, 0.05) is 31.8 Å². The van der Waals surface area contributed by atoms with E-state index in [-0.39, 0.29) is 30.9 Å². The van der Waals surface area contributed by atoms with E-state index in [4.69, 9.17) is 0 Å². The first kappa shape index (κ1) is 18.4. The maximum Gasteiger partial charge on any atom is 0.240 e. The zero-order valence-corrected chi connectivity index (χ0v) is 14.1. The van der Waals surface area contributed by atoms with Crippen molar-refractivity contribution in [2.45, 2.75) is 25.6 Å². The van der Waals surface area contributed by atoms with Crippen molar-refractivity contribution in [3.8, 4) is 0 Å². The van der Waals surface area contributed by atoms with Crippen molar-refractivity contribution in [2.75, 3.05) is 7.05 Å². The molecule has 0 aromatic heterocycles.